The van der Waals surface area contributed by atoms with Gasteiger partial charge >= 0.3 is 0 Å². The van der Waals surface area contributed by atoms with Crippen molar-refractivity contribution in [1.82, 2.24) is 10.2 Å². The monoisotopic (exact) mass is 338 g/mol. The first-order valence-corrected chi connectivity index (χ1v) is 8.15. The van der Waals surface area contributed by atoms with Crippen LogP contribution in [-0.2, 0) is 11.3 Å². The molecule has 1 saturated heterocycles. The maximum atomic E-state index is 11.7. The van der Waals surface area contributed by atoms with Crippen molar-refractivity contribution >= 4 is 21.8 Å². The molecule has 2 atom stereocenters. The van der Waals surface area contributed by atoms with Gasteiger partial charge in [0.1, 0.15) is 0 Å². The molecule has 1 aliphatic rings. The zero-order valence-corrected chi connectivity index (χ0v) is 13.8. The summed E-state index contributed by atoms with van der Waals surface area (Å²) < 4.78 is 1.12. The SMILES string of the molecule is CCC(=O)N1CCC(NCc2cccc(Br)c2)C(C)C1. The molecule has 0 radical (unpaired) electrons. The van der Waals surface area contributed by atoms with Crippen molar-refractivity contribution in [3.63, 3.8) is 0 Å². The molecule has 3 nitrogen and oxygen atoms in total. The van der Waals surface area contributed by atoms with Gasteiger partial charge in [0.2, 0.25) is 5.91 Å². The number of hydrogen-bond donors (Lipinski definition) is 1. The number of benzene rings is 1. The van der Waals surface area contributed by atoms with Gasteiger partial charge in [-0.2, -0.15) is 0 Å². The van der Waals surface area contributed by atoms with Crippen LogP contribution in [0.25, 0.3) is 0 Å². The number of amides is 1. The number of likely N-dealkylation sites (tertiary alicyclic amines) is 1. The Kier molecular flexibility index (Phi) is 5.61. The summed E-state index contributed by atoms with van der Waals surface area (Å²) in [5, 5.41) is 3.63. The minimum atomic E-state index is 0.280. The van der Waals surface area contributed by atoms with Crippen molar-refractivity contribution in [1.29, 1.82) is 0 Å². The van der Waals surface area contributed by atoms with Crippen LogP contribution < -0.4 is 5.32 Å². The Morgan fingerprint density at radius 1 is 1.50 bits per heavy atom. The summed E-state index contributed by atoms with van der Waals surface area (Å²) in [6, 6.07) is 8.88. The van der Waals surface area contributed by atoms with Crippen LogP contribution in [0, 0.1) is 5.92 Å². The molecule has 1 fully saturated rings. The van der Waals surface area contributed by atoms with Gasteiger partial charge in [0, 0.05) is 36.6 Å². The van der Waals surface area contributed by atoms with Crippen molar-refractivity contribution in [2.45, 2.75) is 39.3 Å². The lowest BCUT2D eigenvalue weighted by Crippen LogP contribution is -2.49. The average Bonchev–Trinajstić information content (AvgIpc) is 2.45. The fourth-order valence-electron chi connectivity index (χ4n) is 2.79. The number of rotatable bonds is 4. The molecule has 0 spiro atoms. The molecule has 0 aliphatic carbocycles. The molecule has 1 aromatic carbocycles. The highest BCUT2D eigenvalue weighted by Gasteiger charge is 2.27. The van der Waals surface area contributed by atoms with Crippen molar-refractivity contribution in [2.75, 3.05) is 13.1 Å². The van der Waals surface area contributed by atoms with Crippen LogP contribution in [0.2, 0.25) is 0 Å². The first-order valence-electron chi connectivity index (χ1n) is 7.35. The van der Waals surface area contributed by atoms with Gasteiger partial charge in [0.15, 0.2) is 0 Å². The second-order valence-corrected chi connectivity index (χ2v) is 6.49. The maximum absolute atomic E-state index is 11.7. The second-order valence-electron chi connectivity index (χ2n) is 5.58. The molecule has 0 aromatic heterocycles. The Labute approximate surface area is 129 Å². The Morgan fingerprint density at radius 2 is 2.30 bits per heavy atom. The molecule has 0 bridgehead atoms. The third-order valence-corrected chi connectivity index (χ3v) is 4.51. The predicted octanol–water partition coefficient (Wildman–Crippen LogP) is 3.19. The highest BCUT2D eigenvalue weighted by atomic mass is 79.9. The highest BCUT2D eigenvalue weighted by Crippen LogP contribution is 2.18. The van der Waals surface area contributed by atoms with E-state index in [9.17, 15) is 4.79 Å². The van der Waals surface area contributed by atoms with E-state index in [1.54, 1.807) is 0 Å². The van der Waals surface area contributed by atoms with Crippen LogP contribution in [-0.4, -0.2) is 29.9 Å². The van der Waals surface area contributed by atoms with Crippen LogP contribution in [0.3, 0.4) is 0 Å². The summed E-state index contributed by atoms with van der Waals surface area (Å²) >= 11 is 3.50. The van der Waals surface area contributed by atoms with Gasteiger partial charge < -0.3 is 10.2 Å². The summed E-state index contributed by atoms with van der Waals surface area (Å²) in [5.41, 5.74) is 1.29. The highest BCUT2D eigenvalue weighted by molar-refractivity contribution is 9.10. The van der Waals surface area contributed by atoms with Crippen LogP contribution in [0.4, 0.5) is 0 Å². The lowest BCUT2D eigenvalue weighted by Gasteiger charge is -2.37. The normalized spacial score (nSPS) is 22.9. The summed E-state index contributed by atoms with van der Waals surface area (Å²) in [7, 11) is 0. The Hall–Kier alpha value is -0.870. The predicted molar refractivity (Wildman–Crippen MR) is 85.4 cm³/mol. The fraction of sp³-hybridized carbons (Fsp3) is 0.562. The van der Waals surface area contributed by atoms with Crippen LogP contribution in [0.5, 0.6) is 0 Å². The molecular weight excluding hydrogens is 316 g/mol. The van der Waals surface area contributed by atoms with Crippen LogP contribution in [0.1, 0.15) is 32.3 Å². The van der Waals surface area contributed by atoms with E-state index in [0.29, 0.717) is 18.4 Å². The third-order valence-electron chi connectivity index (χ3n) is 4.02. The molecule has 1 aromatic rings. The quantitative estimate of drug-likeness (QED) is 0.914. The number of carbonyl (C=O) groups excluding carboxylic acids is 1. The zero-order chi connectivity index (χ0) is 14.5. The van der Waals surface area contributed by atoms with E-state index in [4.69, 9.17) is 0 Å². The van der Waals surface area contributed by atoms with Crippen molar-refractivity contribution in [2.24, 2.45) is 5.92 Å². The van der Waals surface area contributed by atoms with Crippen molar-refractivity contribution in [3.8, 4) is 0 Å². The lowest BCUT2D eigenvalue weighted by atomic mass is 9.93. The average molecular weight is 339 g/mol. The smallest absolute Gasteiger partial charge is 0.222 e. The van der Waals surface area contributed by atoms with E-state index in [0.717, 1.165) is 30.5 Å². The topological polar surface area (TPSA) is 32.3 Å². The summed E-state index contributed by atoms with van der Waals surface area (Å²) in [4.78, 5) is 13.7. The molecule has 4 heteroatoms. The molecule has 1 heterocycles. The van der Waals surface area contributed by atoms with E-state index >= 15 is 0 Å². The summed E-state index contributed by atoms with van der Waals surface area (Å²) in [5.74, 6) is 0.786. The molecule has 0 saturated carbocycles. The van der Waals surface area contributed by atoms with E-state index in [2.05, 4.69) is 46.4 Å². The molecular formula is C16H23BrN2O. The fourth-order valence-corrected chi connectivity index (χ4v) is 3.24. The maximum Gasteiger partial charge on any atom is 0.222 e. The molecule has 110 valence electrons. The van der Waals surface area contributed by atoms with E-state index in [1.165, 1.54) is 5.56 Å². The van der Waals surface area contributed by atoms with Gasteiger partial charge in [0.05, 0.1) is 0 Å². The standard InChI is InChI=1S/C16H23BrN2O/c1-3-16(20)19-8-7-15(12(2)11-19)18-10-13-5-4-6-14(17)9-13/h4-6,9,12,15,18H,3,7-8,10-11H2,1-2H3. The van der Waals surface area contributed by atoms with Gasteiger partial charge in [-0.05, 0) is 30.0 Å². The number of hydrogen-bond acceptors (Lipinski definition) is 2. The number of halogens is 1. The van der Waals surface area contributed by atoms with Gasteiger partial charge in [-0.3, -0.25) is 4.79 Å². The third kappa shape index (κ3) is 4.06. The Balaban J connectivity index is 1.84. The number of piperidine rings is 1. The van der Waals surface area contributed by atoms with Gasteiger partial charge in [-0.15, -0.1) is 0 Å². The van der Waals surface area contributed by atoms with Crippen LogP contribution in [0.15, 0.2) is 28.7 Å². The zero-order valence-electron chi connectivity index (χ0n) is 12.2. The minimum absolute atomic E-state index is 0.280. The number of nitrogens with zero attached hydrogens (tertiary/aromatic N) is 1. The van der Waals surface area contributed by atoms with Gasteiger partial charge in [-0.1, -0.05) is 41.9 Å². The van der Waals surface area contributed by atoms with E-state index < -0.39 is 0 Å². The Morgan fingerprint density at radius 3 is 2.95 bits per heavy atom. The van der Waals surface area contributed by atoms with Crippen molar-refractivity contribution in [3.05, 3.63) is 34.3 Å². The summed E-state index contributed by atoms with van der Waals surface area (Å²) in [6.45, 7) is 6.81. The lowest BCUT2D eigenvalue weighted by molar-refractivity contribution is -0.132. The van der Waals surface area contributed by atoms with Gasteiger partial charge in [0.25, 0.3) is 0 Å². The van der Waals surface area contributed by atoms with E-state index in [-0.39, 0.29) is 5.91 Å². The molecule has 2 unspecified atom stereocenters. The largest absolute Gasteiger partial charge is 0.342 e. The van der Waals surface area contributed by atoms with E-state index in [1.807, 2.05) is 17.9 Å². The number of carbonyl (C=O) groups is 1. The molecule has 1 amide bonds. The van der Waals surface area contributed by atoms with Crippen LogP contribution >= 0.6 is 15.9 Å². The first kappa shape index (κ1) is 15.5. The number of nitrogens with one attached hydrogen (secondary N) is 1. The van der Waals surface area contributed by atoms with Crippen molar-refractivity contribution < 1.29 is 4.79 Å². The molecule has 20 heavy (non-hydrogen) atoms. The molecule has 1 aliphatic heterocycles. The second kappa shape index (κ2) is 7.23. The van der Waals surface area contributed by atoms with Gasteiger partial charge in [-0.25, -0.2) is 0 Å². The minimum Gasteiger partial charge on any atom is -0.342 e. The molecule has 2 rings (SSSR count). The Bertz CT molecular complexity index is 464. The summed E-state index contributed by atoms with van der Waals surface area (Å²) in [6.07, 6.45) is 1.66. The first-order chi connectivity index (χ1) is 9.60. The molecule has 1 N–H and O–H groups in total.